The van der Waals surface area contributed by atoms with Crippen LogP contribution in [0.25, 0.3) is 0 Å². The van der Waals surface area contributed by atoms with Gasteiger partial charge in [-0.05, 0) is 18.4 Å². The molecule has 1 atom stereocenters. The second-order valence-corrected chi connectivity index (χ2v) is 4.39. The van der Waals surface area contributed by atoms with Gasteiger partial charge < -0.3 is 15.8 Å². The van der Waals surface area contributed by atoms with Crippen molar-refractivity contribution in [3.8, 4) is 0 Å². The molecule has 1 aromatic carbocycles. The molecule has 0 radical (unpaired) electrons. The summed E-state index contributed by atoms with van der Waals surface area (Å²) >= 11 is 0. The second-order valence-electron chi connectivity index (χ2n) is 4.39. The lowest BCUT2D eigenvalue weighted by molar-refractivity contribution is -0.384. The number of nitro benzene ring substituents is 1. The van der Waals surface area contributed by atoms with Gasteiger partial charge in [0.1, 0.15) is 0 Å². The van der Waals surface area contributed by atoms with E-state index in [-0.39, 0.29) is 18.1 Å². The van der Waals surface area contributed by atoms with Crippen molar-refractivity contribution in [1.29, 1.82) is 0 Å². The topological polar surface area (TPSA) is 107 Å². The smallest absolute Gasteiger partial charge is 0.269 e. The van der Waals surface area contributed by atoms with E-state index in [0.29, 0.717) is 25.0 Å². The van der Waals surface area contributed by atoms with Gasteiger partial charge in [-0.3, -0.25) is 14.9 Å². The molecule has 0 spiro atoms. The molecular weight excluding hydrogens is 262 g/mol. The maximum absolute atomic E-state index is 11.7. The lowest BCUT2D eigenvalue weighted by Crippen LogP contribution is -2.40. The van der Waals surface area contributed by atoms with E-state index < -0.39 is 11.0 Å². The van der Waals surface area contributed by atoms with Gasteiger partial charge in [0.15, 0.2) is 0 Å². The first-order valence-electron chi connectivity index (χ1n) is 6.30. The molecule has 3 N–H and O–H groups in total. The third kappa shape index (κ3) is 5.33. The first-order valence-corrected chi connectivity index (χ1v) is 6.30. The zero-order chi connectivity index (χ0) is 15.0. The van der Waals surface area contributed by atoms with Crippen molar-refractivity contribution < 1.29 is 14.5 Å². The average Bonchev–Trinajstić information content (AvgIpc) is 2.45. The van der Waals surface area contributed by atoms with Gasteiger partial charge in [0, 0.05) is 32.4 Å². The Hall–Kier alpha value is -1.99. The first kappa shape index (κ1) is 16.1. The number of amides is 1. The van der Waals surface area contributed by atoms with Crippen LogP contribution in [0.1, 0.15) is 18.4 Å². The minimum Gasteiger partial charge on any atom is -0.385 e. The van der Waals surface area contributed by atoms with Gasteiger partial charge in [-0.25, -0.2) is 0 Å². The predicted molar refractivity (Wildman–Crippen MR) is 74.0 cm³/mol. The summed E-state index contributed by atoms with van der Waals surface area (Å²) in [4.78, 5) is 21.9. The number of rotatable bonds is 8. The van der Waals surface area contributed by atoms with E-state index in [9.17, 15) is 14.9 Å². The zero-order valence-corrected chi connectivity index (χ0v) is 11.4. The molecule has 20 heavy (non-hydrogen) atoms. The number of hydrogen-bond acceptors (Lipinski definition) is 5. The van der Waals surface area contributed by atoms with E-state index in [1.165, 1.54) is 12.1 Å². The van der Waals surface area contributed by atoms with Crippen molar-refractivity contribution in [1.82, 2.24) is 5.32 Å². The van der Waals surface area contributed by atoms with Gasteiger partial charge >= 0.3 is 0 Å². The third-order valence-electron chi connectivity index (χ3n) is 2.79. The monoisotopic (exact) mass is 281 g/mol. The number of ether oxygens (including phenoxy) is 1. The molecule has 7 heteroatoms. The molecule has 0 aliphatic heterocycles. The highest BCUT2D eigenvalue weighted by Gasteiger charge is 2.13. The molecule has 0 aromatic heterocycles. The molecule has 0 heterocycles. The summed E-state index contributed by atoms with van der Waals surface area (Å²) in [5.41, 5.74) is 6.39. The van der Waals surface area contributed by atoms with Gasteiger partial charge in [0.05, 0.1) is 11.0 Å². The highest BCUT2D eigenvalue weighted by molar-refractivity contribution is 5.81. The lowest BCUT2D eigenvalue weighted by Gasteiger charge is -2.12. The maximum Gasteiger partial charge on any atom is 0.269 e. The van der Waals surface area contributed by atoms with Gasteiger partial charge in [-0.1, -0.05) is 12.1 Å². The van der Waals surface area contributed by atoms with Crippen LogP contribution in [0.5, 0.6) is 0 Å². The van der Waals surface area contributed by atoms with E-state index in [2.05, 4.69) is 5.32 Å². The number of nitrogens with two attached hydrogens (primary N) is 1. The van der Waals surface area contributed by atoms with Crippen LogP contribution in [0.4, 0.5) is 5.69 Å². The minimum atomic E-state index is -0.594. The van der Waals surface area contributed by atoms with E-state index in [1.54, 1.807) is 19.2 Å². The van der Waals surface area contributed by atoms with Crippen LogP contribution >= 0.6 is 0 Å². The van der Waals surface area contributed by atoms with Crippen molar-refractivity contribution in [3.63, 3.8) is 0 Å². The summed E-state index contributed by atoms with van der Waals surface area (Å²) in [6, 6.07) is 5.53. The Bertz CT molecular complexity index is 465. The number of carbonyl (C=O) groups is 1. The van der Waals surface area contributed by atoms with Crippen LogP contribution in [0.2, 0.25) is 0 Å². The molecule has 0 saturated heterocycles. The fourth-order valence-corrected chi connectivity index (χ4v) is 1.68. The van der Waals surface area contributed by atoms with Crippen molar-refractivity contribution in [2.24, 2.45) is 5.73 Å². The number of non-ortho nitro benzene ring substituents is 1. The Balaban J connectivity index is 2.44. The summed E-state index contributed by atoms with van der Waals surface area (Å²) in [5.74, 6) is -0.271. The Morgan fingerprint density at radius 3 is 2.95 bits per heavy atom. The van der Waals surface area contributed by atoms with Crippen molar-refractivity contribution >= 4 is 11.6 Å². The van der Waals surface area contributed by atoms with Gasteiger partial charge in [0.2, 0.25) is 5.91 Å². The Kier molecular flexibility index (Phi) is 6.61. The third-order valence-corrected chi connectivity index (χ3v) is 2.79. The minimum absolute atomic E-state index is 0.00106. The van der Waals surface area contributed by atoms with E-state index in [4.69, 9.17) is 10.5 Å². The van der Waals surface area contributed by atoms with Crippen molar-refractivity contribution in [2.75, 3.05) is 13.7 Å². The van der Waals surface area contributed by atoms with Crippen molar-refractivity contribution in [3.05, 3.63) is 39.9 Å². The highest BCUT2D eigenvalue weighted by Crippen LogP contribution is 2.12. The van der Waals surface area contributed by atoms with Crippen LogP contribution in [-0.4, -0.2) is 30.6 Å². The second kappa shape index (κ2) is 8.23. The molecule has 1 amide bonds. The van der Waals surface area contributed by atoms with E-state index in [1.807, 2.05) is 0 Å². The number of nitrogens with zero attached hydrogens (tertiary/aromatic N) is 1. The van der Waals surface area contributed by atoms with E-state index >= 15 is 0 Å². The van der Waals surface area contributed by atoms with Gasteiger partial charge in [0.25, 0.3) is 5.69 Å². The normalized spacial score (nSPS) is 11.9. The summed E-state index contributed by atoms with van der Waals surface area (Å²) in [5, 5.41) is 13.3. The maximum atomic E-state index is 11.7. The molecule has 0 saturated carbocycles. The van der Waals surface area contributed by atoms with Gasteiger partial charge in [-0.2, -0.15) is 0 Å². The van der Waals surface area contributed by atoms with Crippen LogP contribution < -0.4 is 11.1 Å². The molecule has 0 bridgehead atoms. The molecule has 1 rings (SSSR count). The predicted octanol–water partition coefficient (Wildman–Crippen LogP) is 0.965. The SMILES string of the molecule is COCCCC(N)C(=O)NCc1cccc([N+](=O)[O-])c1. The molecule has 0 fully saturated rings. The zero-order valence-electron chi connectivity index (χ0n) is 11.4. The Labute approximate surface area is 117 Å². The number of carbonyl (C=O) groups excluding carboxylic acids is 1. The number of hydrogen-bond donors (Lipinski definition) is 2. The van der Waals surface area contributed by atoms with Crippen LogP contribution in [0.15, 0.2) is 24.3 Å². The van der Waals surface area contributed by atoms with Crippen LogP contribution in [0.3, 0.4) is 0 Å². The largest absolute Gasteiger partial charge is 0.385 e. The standard InChI is InChI=1S/C13H19N3O4/c1-20-7-3-6-12(14)13(17)15-9-10-4-2-5-11(8-10)16(18)19/h2,4-5,8,12H,3,6-7,9,14H2,1H3,(H,15,17). The molecule has 0 aliphatic rings. The number of nitro groups is 1. The van der Waals surface area contributed by atoms with Crippen molar-refractivity contribution in [2.45, 2.75) is 25.4 Å². The molecular formula is C13H19N3O4. The van der Waals surface area contributed by atoms with E-state index in [0.717, 1.165) is 0 Å². The Morgan fingerprint density at radius 1 is 1.55 bits per heavy atom. The summed E-state index contributed by atoms with van der Waals surface area (Å²) in [6.07, 6.45) is 1.25. The first-order chi connectivity index (χ1) is 9.54. The number of nitrogens with one attached hydrogen (secondary N) is 1. The highest BCUT2D eigenvalue weighted by atomic mass is 16.6. The summed E-state index contributed by atoms with van der Waals surface area (Å²) < 4.78 is 4.89. The fraction of sp³-hybridized carbons (Fsp3) is 0.462. The fourth-order valence-electron chi connectivity index (χ4n) is 1.68. The Morgan fingerprint density at radius 2 is 2.30 bits per heavy atom. The number of methoxy groups -OCH3 is 1. The molecule has 110 valence electrons. The molecule has 1 unspecified atom stereocenters. The molecule has 1 aromatic rings. The number of benzene rings is 1. The quantitative estimate of drug-likeness (QED) is 0.419. The average molecular weight is 281 g/mol. The van der Waals surface area contributed by atoms with Crippen LogP contribution in [0, 0.1) is 10.1 Å². The molecule has 0 aliphatic carbocycles. The molecule has 7 nitrogen and oxygen atoms in total. The summed E-state index contributed by atoms with van der Waals surface area (Å²) in [6.45, 7) is 0.782. The lowest BCUT2D eigenvalue weighted by atomic mass is 10.1. The summed E-state index contributed by atoms with van der Waals surface area (Å²) in [7, 11) is 1.59. The van der Waals surface area contributed by atoms with Crippen LogP contribution in [-0.2, 0) is 16.1 Å². The van der Waals surface area contributed by atoms with Gasteiger partial charge in [-0.15, -0.1) is 0 Å².